The average Bonchev–Trinajstić information content (AvgIpc) is 3.32. The van der Waals surface area contributed by atoms with Crippen molar-refractivity contribution in [2.24, 2.45) is 0 Å². The van der Waals surface area contributed by atoms with Crippen LogP contribution < -0.4 is 0 Å². The highest BCUT2D eigenvalue weighted by molar-refractivity contribution is 5.98. The van der Waals surface area contributed by atoms with Crippen molar-refractivity contribution in [3.8, 4) is 91.1 Å². The largest absolute Gasteiger partial charge is 0.213 e. The minimum Gasteiger partial charge on any atom is -0.213 e. The first-order chi connectivity index (χ1) is 29.1. The van der Waals surface area contributed by atoms with Crippen LogP contribution in [0.3, 0.4) is 0 Å². The molecule has 10 rings (SSSR count). The Bertz CT molecular complexity index is 3030. The SMILES string of the molecule is Cc1nc(-c2ccccc2)nc(-c2ccc(-c3nc(-c4ccccc4)nc(-c4cc(-c5nc(-c6ccccc6)nc(-c6ccccc6)n5)cc5ccccc45)n3)cc2)n1. The van der Waals surface area contributed by atoms with Crippen LogP contribution in [-0.4, -0.2) is 44.9 Å². The van der Waals surface area contributed by atoms with Gasteiger partial charge in [0.05, 0.1) is 0 Å². The zero-order valence-electron chi connectivity index (χ0n) is 31.8. The Hall–Kier alpha value is -8.17. The standard InChI is InChI=1S/C50H33N9/c1-32-51-43(33-16-6-2-7-17-33)53-44(52-32)37-26-28-38(29-27-37)48-55-47(36-22-12-5-13-23-36)58-50(59-48)42-31-40(30-39-24-14-15-25-41(39)42)49-56-45(34-18-8-3-9-19-34)54-46(57-49)35-20-10-4-11-21-35/h2-31H,1H3. The lowest BCUT2D eigenvalue weighted by atomic mass is 9.99. The van der Waals surface area contributed by atoms with E-state index < -0.39 is 0 Å². The van der Waals surface area contributed by atoms with Gasteiger partial charge in [0.2, 0.25) is 0 Å². The van der Waals surface area contributed by atoms with Crippen molar-refractivity contribution in [2.75, 3.05) is 0 Å². The molecule has 10 aromatic rings. The van der Waals surface area contributed by atoms with Gasteiger partial charge >= 0.3 is 0 Å². The third-order valence-corrected chi connectivity index (χ3v) is 9.91. The van der Waals surface area contributed by atoms with Crippen LogP contribution in [0.2, 0.25) is 0 Å². The second-order valence-electron chi connectivity index (χ2n) is 13.9. The van der Waals surface area contributed by atoms with Crippen LogP contribution in [0.4, 0.5) is 0 Å². The van der Waals surface area contributed by atoms with Crippen LogP contribution in [0.15, 0.2) is 182 Å². The molecule has 0 unspecified atom stereocenters. The van der Waals surface area contributed by atoms with E-state index in [0.29, 0.717) is 52.4 Å². The van der Waals surface area contributed by atoms with Gasteiger partial charge in [0, 0.05) is 44.5 Å². The molecular formula is C50H33N9. The van der Waals surface area contributed by atoms with Crippen molar-refractivity contribution >= 4 is 10.8 Å². The van der Waals surface area contributed by atoms with Crippen LogP contribution in [-0.2, 0) is 0 Å². The van der Waals surface area contributed by atoms with Crippen LogP contribution in [0.5, 0.6) is 0 Å². The number of aromatic nitrogens is 9. The van der Waals surface area contributed by atoms with Gasteiger partial charge in [0.15, 0.2) is 46.6 Å². The van der Waals surface area contributed by atoms with Gasteiger partial charge in [-0.15, -0.1) is 0 Å². The van der Waals surface area contributed by atoms with E-state index in [2.05, 4.69) is 34.2 Å². The highest BCUT2D eigenvalue weighted by atomic mass is 15.1. The van der Waals surface area contributed by atoms with Crippen LogP contribution in [0.25, 0.3) is 102 Å². The molecule has 9 nitrogen and oxygen atoms in total. The summed E-state index contributed by atoms with van der Waals surface area (Å²) in [6, 6.07) is 60.3. The number of hydrogen-bond acceptors (Lipinski definition) is 9. The van der Waals surface area contributed by atoms with Gasteiger partial charge in [0.1, 0.15) is 5.82 Å². The fraction of sp³-hybridized carbons (Fsp3) is 0.0200. The zero-order valence-corrected chi connectivity index (χ0v) is 31.8. The van der Waals surface area contributed by atoms with Crippen LogP contribution >= 0.6 is 0 Å². The minimum atomic E-state index is 0.525. The highest BCUT2D eigenvalue weighted by Gasteiger charge is 2.19. The second-order valence-corrected chi connectivity index (χ2v) is 13.9. The summed E-state index contributed by atoms with van der Waals surface area (Å²) in [6.45, 7) is 1.88. The molecule has 0 amide bonds. The predicted molar refractivity (Wildman–Crippen MR) is 232 cm³/mol. The molecule has 0 saturated carbocycles. The summed E-state index contributed by atoms with van der Waals surface area (Å²) in [6.07, 6.45) is 0. The van der Waals surface area contributed by atoms with Crippen LogP contribution in [0.1, 0.15) is 5.82 Å². The molecule has 0 atom stereocenters. The molecule has 0 bridgehead atoms. The second kappa shape index (κ2) is 15.4. The zero-order chi connectivity index (χ0) is 39.5. The van der Waals surface area contributed by atoms with Gasteiger partial charge in [-0.1, -0.05) is 170 Å². The van der Waals surface area contributed by atoms with Gasteiger partial charge in [-0.2, -0.15) is 0 Å². The summed E-state index contributed by atoms with van der Waals surface area (Å²) >= 11 is 0. The van der Waals surface area contributed by atoms with E-state index in [4.69, 9.17) is 34.9 Å². The fourth-order valence-corrected chi connectivity index (χ4v) is 7.00. The van der Waals surface area contributed by atoms with Crippen molar-refractivity contribution in [3.05, 3.63) is 188 Å². The minimum absolute atomic E-state index is 0.525. The maximum absolute atomic E-state index is 5.17. The molecule has 59 heavy (non-hydrogen) atoms. The van der Waals surface area contributed by atoms with E-state index >= 15 is 0 Å². The lowest BCUT2D eigenvalue weighted by molar-refractivity contribution is 0.992. The molecule has 7 aromatic carbocycles. The van der Waals surface area contributed by atoms with Gasteiger partial charge in [-0.05, 0) is 29.8 Å². The van der Waals surface area contributed by atoms with Gasteiger partial charge in [-0.3, -0.25) is 0 Å². The molecule has 0 aliphatic rings. The Labute approximate surface area is 340 Å². The third kappa shape index (κ3) is 7.32. The molecule has 0 aliphatic heterocycles. The summed E-state index contributed by atoms with van der Waals surface area (Å²) in [5, 5.41) is 1.99. The smallest absolute Gasteiger partial charge is 0.164 e. The number of benzene rings is 7. The van der Waals surface area contributed by atoms with E-state index in [1.165, 1.54) is 0 Å². The van der Waals surface area contributed by atoms with E-state index in [0.717, 1.165) is 55.3 Å². The lowest BCUT2D eigenvalue weighted by Crippen LogP contribution is -2.02. The van der Waals surface area contributed by atoms with Crippen molar-refractivity contribution in [2.45, 2.75) is 6.92 Å². The molecule has 0 radical (unpaired) electrons. The Balaban J connectivity index is 1.12. The van der Waals surface area contributed by atoms with Crippen LogP contribution in [0, 0.1) is 6.92 Å². The number of aryl methyl sites for hydroxylation is 1. The van der Waals surface area contributed by atoms with Crippen molar-refractivity contribution in [3.63, 3.8) is 0 Å². The molecular weight excluding hydrogens is 727 g/mol. The van der Waals surface area contributed by atoms with E-state index in [1.54, 1.807) is 0 Å². The fourth-order valence-electron chi connectivity index (χ4n) is 7.00. The molecule has 9 heteroatoms. The summed E-state index contributed by atoms with van der Waals surface area (Å²) in [5.74, 6) is 5.20. The first kappa shape index (κ1) is 35.3. The maximum Gasteiger partial charge on any atom is 0.164 e. The molecule has 0 fully saturated rings. The Morgan fingerprint density at radius 2 is 0.559 bits per heavy atom. The molecule has 0 spiro atoms. The van der Waals surface area contributed by atoms with Crippen molar-refractivity contribution in [1.29, 1.82) is 0 Å². The maximum atomic E-state index is 5.17. The number of fused-ring (bicyclic) bond motifs is 1. The van der Waals surface area contributed by atoms with E-state index in [-0.39, 0.29) is 0 Å². The first-order valence-electron chi connectivity index (χ1n) is 19.2. The summed E-state index contributed by atoms with van der Waals surface area (Å²) in [7, 11) is 0. The number of rotatable bonds is 8. The van der Waals surface area contributed by atoms with Crippen molar-refractivity contribution in [1.82, 2.24) is 44.9 Å². The van der Waals surface area contributed by atoms with E-state index in [1.807, 2.05) is 165 Å². The Morgan fingerprint density at radius 3 is 0.966 bits per heavy atom. The Morgan fingerprint density at radius 1 is 0.254 bits per heavy atom. The summed E-state index contributed by atoms with van der Waals surface area (Å²) in [5.41, 5.74) is 6.92. The lowest BCUT2D eigenvalue weighted by Gasteiger charge is -2.13. The molecule has 0 aliphatic carbocycles. The number of hydrogen-bond donors (Lipinski definition) is 0. The molecule has 0 N–H and O–H groups in total. The van der Waals surface area contributed by atoms with Gasteiger partial charge in [0.25, 0.3) is 0 Å². The molecule has 278 valence electrons. The van der Waals surface area contributed by atoms with E-state index in [9.17, 15) is 0 Å². The van der Waals surface area contributed by atoms with Gasteiger partial charge in [-0.25, -0.2) is 44.9 Å². The molecule has 3 heterocycles. The number of nitrogens with zero attached hydrogens (tertiary/aromatic N) is 9. The third-order valence-electron chi connectivity index (χ3n) is 9.91. The average molecular weight is 760 g/mol. The highest BCUT2D eigenvalue weighted by Crippen LogP contribution is 2.35. The topological polar surface area (TPSA) is 116 Å². The Kier molecular flexibility index (Phi) is 9.20. The van der Waals surface area contributed by atoms with Crippen molar-refractivity contribution < 1.29 is 0 Å². The quantitative estimate of drug-likeness (QED) is 0.149. The molecule has 3 aromatic heterocycles. The van der Waals surface area contributed by atoms with Gasteiger partial charge < -0.3 is 0 Å². The normalized spacial score (nSPS) is 11.1. The summed E-state index contributed by atoms with van der Waals surface area (Å²) < 4.78 is 0. The molecule has 0 saturated heterocycles. The summed E-state index contributed by atoms with van der Waals surface area (Å²) in [4.78, 5) is 44.4. The monoisotopic (exact) mass is 759 g/mol. The predicted octanol–water partition coefficient (Wildman–Crippen LogP) is 11.0. The first-order valence-corrected chi connectivity index (χ1v) is 19.2.